The minimum absolute atomic E-state index is 0.0414. The van der Waals surface area contributed by atoms with E-state index in [2.05, 4.69) is 17.2 Å². The van der Waals surface area contributed by atoms with E-state index in [1.54, 1.807) is 4.68 Å². The molecule has 196 valence electrons. The first-order valence-corrected chi connectivity index (χ1v) is 14.3. The van der Waals surface area contributed by atoms with Gasteiger partial charge in [-0.2, -0.15) is 0 Å². The molecule has 4 aliphatic carbocycles. The molecule has 4 fully saturated rings. The van der Waals surface area contributed by atoms with Gasteiger partial charge in [-0.3, -0.25) is 4.79 Å². The Bertz CT molecular complexity index is 1160. The molecule has 0 bridgehead atoms. The SMILES string of the molecule is COCC12CCC(C)(O)CC1CCC1C3CCC(C(=O)Cn4nnc5cccc(Cl)c54)C3(C)CCC12. The van der Waals surface area contributed by atoms with E-state index in [0.29, 0.717) is 28.7 Å². The van der Waals surface area contributed by atoms with Gasteiger partial charge in [0, 0.05) is 13.0 Å². The summed E-state index contributed by atoms with van der Waals surface area (Å²) < 4.78 is 7.60. The number of nitrogens with zero attached hydrogens (tertiary/aromatic N) is 3. The molecule has 36 heavy (non-hydrogen) atoms. The molecule has 2 aromatic rings. The number of ether oxygens (including phenoxy) is 1. The van der Waals surface area contributed by atoms with Crippen molar-refractivity contribution in [3.05, 3.63) is 23.2 Å². The molecule has 6 nitrogen and oxygen atoms in total. The maximum absolute atomic E-state index is 13.8. The normalized spacial score (nSPS) is 42.1. The first-order chi connectivity index (χ1) is 17.2. The number of methoxy groups -OCH3 is 1. The molecule has 8 unspecified atom stereocenters. The molecule has 6 rings (SSSR count). The summed E-state index contributed by atoms with van der Waals surface area (Å²) in [5.41, 5.74) is 1.17. The van der Waals surface area contributed by atoms with Crippen molar-refractivity contribution in [1.82, 2.24) is 15.0 Å². The maximum Gasteiger partial charge on any atom is 0.157 e. The van der Waals surface area contributed by atoms with Crippen LogP contribution in [0.2, 0.25) is 5.02 Å². The summed E-state index contributed by atoms with van der Waals surface area (Å²) in [5, 5.41) is 20.0. The zero-order valence-corrected chi connectivity index (χ0v) is 22.6. The quantitative estimate of drug-likeness (QED) is 0.555. The van der Waals surface area contributed by atoms with E-state index in [4.69, 9.17) is 16.3 Å². The molecule has 1 N–H and O–H groups in total. The number of para-hydroxylation sites is 1. The Labute approximate surface area is 219 Å². The van der Waals surface area contributed by atoms with Crippen LogP contribution in [0.1, 0.15) is 71.6 Å². The summed E-state index contributed by atoms with van der Waals surface area (Å²) in [6.45, 7) is 5.47. The highest BCUT2D eigenvalue weighted by Gasteiger charge is 2.63. The zero-order valence-electron chi connectivity index (χ0n) is 21.9. The number of ketones is 1. The summed E-state index contributed by atoms with van der Waals surface area (Å²) in [7, 11) is 1.85. The van der Waals surface area contributed by atoms with Crippen LogP contribution in [-0.4, -0.2) is 45.2 Å². The van der Waals surface area contributed by atoms with Gasteiger partial charge >= 0.3 is 0 Å². The molecular formula is C29H40ClN3O3. The fourth-order valence-electron chi connectivity index (χ4n) is 9.67. The summed E-state index contributed by atoms with van der Waals surface area (Å²) in [6.07, 6.45) is 9.61. The fraction of sp³-hybridized carbons (Fsp3) is 0.759. The van der Waals surface area contributed by atoms with Crippen molar-refractivity contribution in [3.8, 4) is 0 Å². The lowest BCUT2D eigenvalue weighted by Crippen LogP contribution is -2.58. The molecular weight excluding hydrogens is 474 g/mol. The van der Waals surface area contributed by atoms with Crippen molar-refractivity contribution >= 4 is 28.4 Å². The number of hydrogen-bond acceptors (Lipinski definition) is 5. The van der Waals surface area contributed by atoms with Gasteiger partial charge in [-0.05, 0) is 111 Å². The highest BCUT2D eigenvalue weighted by atomic mass is 35.5. The topological polar surface area (TPSA) is 77.2 Å². The van der Waals surface area contributed by atoms with E-state index in [0.717, 1.165) is 56.2 Å². The summed E-state index contributed by atoms with van der Waals surface area (Å²) >= 11 is 6.44. The zero-order chi connectivity index (χ0) is 25.3. The number of aliphatic hydroxyl groups is 1. The maximum atomic E-state index is 13.8. The molecule has 4 saturated carbocycles. The number of hydrogen-bond donors (Lipinski definition) is 1. The molecule has 1 aromatic carbocycles. The predicted molar refractivity (Wildman–Crippen MR) is 140 cm³/mol. The van der Waals surface area contributed by atoms with Gasteiger partial charge in [-0.1, -0.05) is 29.8 Å². The Kier molecular flexibility index (Phi) is 6.05. The van der Waals surface area contributed by atoms with Crippen molar-refractivity contribution in [2.45, 2.75) is 83.8 Å². The Morgan fingerprint density at radius 2 is 1.97 bits per heavy atom. The van der Waals surface area contributed by atoms with E-state index < -0.39 is 5.60 Å². The Balaban J connectivity index is 1.24. The molecule has 0 amide bonds. The first kappa shape index (κ1) is 24.8. The van der Waals surface area contributed by atoms with Crippen LogP contribution < -0.4 is 0 Å². The third-order valence-corrected chi connectivity index (χ3v) is 11.5. The van der Waals surface area contributed by atoms with E-state index >= 15 is 0 Å². The van der Waals surface area contributed by atoms with Crippen LogP contribution in [0.5, 0.6) is 0 Å². The largest absolute Gasteiger partial charge is 0.390 e. The van der Waals surface area contributed by atoms with Crippen molar-refractivity contribution in [3.63, 3.8) is 0 Å². The number of carbonyl (C=O) groups excluding carboxylic acids is 1. The van der Waals surface area contributed by atoms with Crippen LogP contribution in [0.15, 0.2) is 18.2 Å². The number of carbonyl (C=O) groups is 1. The van der Waals surface area contributed by atoms with Gasteiger partial charge in [0.05, 0.1) is 17.2 Å². The predicted octanol–water partition coefficient (Wildman–Crippen LogP) is 5.69. The minimum Gasteiger partial charge on any atom is -0.390 e. The van der Waals surface area contributed by atoms with Crippen molar-refractivity contribution < 1.29 is 14.6 Å². The van der Waals surface area contributed by atoms with Gasteiger partial charge in [0.2, 0.25) is 0 Å². The van der Waals surface area contributed by atoms with Crippen molar-refractivity contribution in [2.24, 2.45) is 40.4 Å². The summed E-state index contributed by atoms with van der Waals surface area (Å²) in [4.78, 5) is 13.8. The van der Waals surface area contributed by atoms with Gasteiger partial charge in [0.15, 0.2) is 5.78 Å². The Morgan fingerprint density at radius 1 is 1.14 bits per heavy atom. The number of halogens is 1. The molecule has 4 aliphatic rings. The molecule has 0 spiro atoms. The van der Waals surface area contributed by atoms with E-state index in [1.165, 1.54) is 19.3 Å². The molecule has 1 aromatic heterocycles. The number of benzene rings is 1. The van der Waals surface area contributed by atoms with E-state index in [-0.39, 0.29) is 29.1 Å². The Morgan fingerprint density at radius 3 is 2.78 bits per heavy atom. The van der Waals surface area contributed by atoms with Crippen LogP contribution in [-0.2, 0) is 16.1 Å². The van der Waals surface area contributed by atoms with E-state index in [9.17, 15) is 9.90 Å². The summed E-state index contributed by atoms with van der Waals surface area (Å²) in [6, 6.07) is 5.59. The summed E-state index contributed by atoms with van der Waals surface area (Å²) in [5.74, 6) is 2.75. The molecule has 7 heteroatoms. The second-order valence-electron chi connectivity index (χ2n) is 13.0. The number of aromatic nitrogens is 3. The Hall–Kier alpha value is -1.50. The third kappa shape index (κ3) is 3.69. The van der Waals surface area contributed by atoms with Gasteiger partial charge in [-0.25, -0.2) is 4.68 Å². The highest BCUT2D eigenvalue weighted by Crippen LogP contribution is 2.68. The smallest absolute Gasteiger partial charge is 0.157 e. The van der Waals surface area contributed by atoms with Gasteiger partial charge in [-0.15, -0.1) is 5.10 Å². The average Bonchev–Trinajstić information content (AvgIpc) is 3.40. The first-order valence-electron chi connectivity index (χ1n) is 13.9. The molecule has 0 aliphatic heterocycles. The monoisotopic (exact) mass is 513 g/mol. The number of Topliss-reactive ketones (excluding diaryl/α,β-unsaturated/α-hetero) is 1. The lowest BCUT2D eigenvalue weighted by molar-refractivity contribution is -0.175. The number of fused-ring (bicyclic) bond motifs is 6. The molecule has 0 radical (unpaired) electrons. The molecule has 1 heterocycles. The van der Waals surface area contributed by atoms with Crippen molar-refractivity contribution in [1.29, 1.82) is 0 Å². The van der Waals surface area contributed by atoms with Gasteiger partial charge < -0.3 is 9.84 Å². The standard InChI is InChI=1S/C29H40ClN3O3/c1-27(35)13-14-29(17-36-3)18(15-27)7-8-19-20-9-10-22(28(20,2)12-11-21(19)29)25(34)16-33-26-23(30)5-4-6-24(26)31-32-33/h4-6,18-22,35H,7-17H2,1-3H3. The lowest BCUT2D eigenvalue weighted by atomic mass is 9.43. The molecule has 8 atom stereocenters. The van der Waals surface area contributed by atoms with Crippen LogP contribution in [0, 0.1) is 40.4 Å². The second kappa shape index (κ2) is 8.78. The average molecular weight is 514 g/mol. The lowest BCUT2D eigenvalue weighted by Gasteiger charge is -2.62. The fourth-order valence-corrected chi connectivity index (χ4v) is 9.93. The van der Waals surface area contributed by atoms with E-state index in [1.807, 2.05) is 32.2 Å². The van der Waals surface area contributed by atoms with Crippen LogP contribution >= 0.6 is 11.6 Å². The van der Waals surface area contributed by atoms with Gasteiger partial charge in [0.1, 0.15) is 17.6 Å². The van der Waals surface area contributed by atoms with Gasteiger partial charge in [0.25, 0.3) is 0 Å². The van der Waals surface area contributed by atoms with Crippen LogP contribution in [0.3, 0.4) is 0 Å². The minimum atomic E-state index is -0.544. The highest BCUT2D eigenvalue weighted by molar-refractivity contribution is 6.34. The van der Waals surface area contributed by atoms with Crippen molar-refractivity contribution in [2.75, 3.05) is 13.7 Å². The van der Waals surface area contributed by atoms with Crippen LogP contribution in [0.4, 0.5) is 0 Å². The third-order valence-electron chi connectivity index (χ3n) is 11.2. The van der Waals surface area contributed by atoms with Crippen LogP contribution in [0.25, 0.3) is 11.0 Å². The molecule has 0 saturated heterocycles. The number of rotatable bonds is 5. The second-order valence-corrected chi connectivity index (χ2v) is 13.4.